The molecule has 1 spiro atoms. The van der Waals surface area contributed by atoms with E-state index in [-0.39, 0.29) is 23.8 Å². The number of ether oxygens (including phenoxy) is 1. The Bertz CT molecular complexity index is 1210. The number of carbonyl (C=O) groups is 3. The van der Waals surface area contributed by atoms with Gasteiger partial charge in [0.25, 0.3) is 0 Å². The molecule has 3 saturated heterocycles. The third-order valence-electron chi connectivity index (χ3n) is 9.79. The fourth-order valence-corrected chi connectivity index (χ4v) is 8.21. The number of carbonyl (C=O) groups excluding carboxylic acids is 3. The summed E-state index contributed by atoms with van der Waals surface area (Å²) in [7, 11) is 0. The van der Waals surface area contributed by atoms with Crippen LogP contribution in [0.2, 0.25) is 10.0 Å². The van der Waals surface area contributed by atoms with E-state index >= 15 is 0 Å². The van der Waals surface area contributed by atoms with Gasteiger partial charge >= 0.3 is 0 Å². The number of fused-ring (bicyclic) bond motifs is 1. The fourth-order valence-electron chi connectivity index (χ4n) is 7.68. The van der Waals surface area contributed by atoms with Gasteiger partial charge in [0, 0.05) is 54.5 Å². The summed E-state index contributed by atoms with van der Waals surface area (Å²) in [5.74, 6) is -2.26. The van der Waals surface area contributed by atoms with E-state index in [9.17, 15) is 14.4 Å². The Kier molecular flexibility index (Phi) is 8.85. The SMILES string of the molecule is CCN1CCN(CCCN2C(=O)[C@H]3[C@@H](C(=O)Nc4cc(Cl)cc(Cl)c4)[C@H]4C=C[C@@]3(O4)[C@H]2C(=O)NC2CCCCC2)CC1. The quantitative estimate of drug-likeness (QED) is 0.412. The topological polar surface area (TPSA) is 94.2 Å². The highest BCUT2D eigenvalue weighted by molar-refractivity contribution is 6.35. The molecule has 5 atom stereocenters. The first kappa shape index (κ1) is 29.9. The molecule has 4 fully saturated rings. The molecule has 6 rings (SSSR count). The number of likely N-dealkylation sites (N-methyl/N-ethyl adjacent to an activating group) is 1. The molecule has 0 unspecified atom stereocenters. The average Bonchev–Trinajstić information content (AvgIpc) is 3.61. The zero-order valence-corrected chi connectivity index (χ0v) is 25.7. The number of piperazine rings is 1. The number of hydrogen-bond donors (Lipinski definition) is 2. The van der Waals surface area contributed by atoms with E-state index in [2.05, 4.69) is 27.4 Å². The van der Waals surface area contributed by atoms with E-state index < -0.39 is 29.6 Å². The van der Waals surface area contributed by atoms with Gasteiger partial charge in [-0.1, -0.05) is 61.5 Å². The maximum Gasteiger partial charge on any atom is 0.246 e. The van der Waals surface area contributed by atoms with Crippen LogP contribution in [0.25, 0.3) is 0 Å². The smallest absolute Gasteiger partial charge is 0.246 e. The highest BCUT2D eigenvalue weighted by Gasteiger charge is 2.72. The lowest BCUT2D eigenvalue weighted by atomic mass is 9.74. The first-order valence-corrected chi connectivity index (χ1v) is 16.2. The molecular formula is C31H41Cl2N5O4. The molecule has 4 aliphatic heterocycles. The van der Waals surface area contributed by atoms with E-state index in [1.54, 1.807) is 23.1 Å². The average molecular weight is 619 g/mol. The molecule has 1 saturated carbocycles. The normalized spacial score (nSPS) is 31.5. The Hall–Kier alpha value is -2.17. The first-order chi connectivity index (χ1) is 20.3. The summed E-state index contributed by atoms with van der Waals surface area (Å²) in [6.07, 6.45) is 9.12. The number of rotatable bonds is 9. The van der Waals surface area contributed by atoms with Crippen LogP contribution in [0.4, 0.5) is 5.69 Å². The number of anilines is 1. The third-order valence-corrected chi connectivity index (χ3v) is 10.2. The molecule has 228 valence electrons. The molecule has 0 aromatic heterocycles. The molecule has 9 nitrogen and oxygen atoms in total. The molecule has 2 bridgehead atoms. The van der Waals surface area contributed by atoms with E-state index in [0.29, 0.717) is 22.3 Å². The lowest BCUT2D eigenvalue weighted by molar-refractivity contribution is -0.141. The van der Waals surface area contributed by atoms with Crippen LogP contribution in [0, 0.1) is 11.8 Å². The van der Waals surface area contributed by atoms with Crippen LogP contribution >= 0.6 is 23.2 Å². The second kappa shape index (κ2) is 12.4. The minimum Gasteiger partial charge on any atom is -0.359 e. The number of likely N-dealkylation sites (tertiary alicyclic amines) is 1. The Morgan fingerprint density at radius 2 is 1.67 bits per heavy atom. The van der Waals surface area contributed by atoms with Gasteiger partial charge in [0.2, 0.25) is 17.7 Å². The summed E-state index contributed by atoms with van der Waals surface area (Å²) in [6, 6.07) is 4.12. The van der Waals surface area contributed by atoms with E-state index in [4.69, 9.17) is 27.9 Å². The van der Waals surface area contributed by atoms with Gasteiger partial charge in [0.15, 0.2) is 0 Å². The van der Waals surface area contributed by atoms with Crippen LogP contribution < -0.4 is 10.6 Å². The number of halogens is 2. The van der Waals surface area contributed by atoms with Gasteiger partial charge in [-0.15, -0.1) is 0 Å². The number of benzene rings is 1. The summed E-state index contributed by atoms with van der Waals surface area (Å²) in [5, 5.41) is 6.95. The van der Waals surface area contributed by atoms with Gasteiger partial charge in [-0.05, 0) is 50.6 Å². The number of amides is 3. The maximum atomic E-state index is 14.2. The summed E-state index contributed by atoms with van der Waals surface area (Å²) in [4.78, 5) is 48.5. The molecule has 11 heteroatoms. The zero-order valence-electron chi connectivity index (χ0n) is 24.2. The van der Waals surface area contributed by atoms with Crippen LogP contribution in [0.15, 0.2) is 30.4 Å². The zero-order chi connectivity index (χ0) is 29.4. The van der Waals surface area contributed by atoms with Crippen molar-refractivity contribution in [3.63, 3.8) is 0 Å². The van der Waals surface area contributed by atoms with E-state index in [1.165, 1.54) is 6.42 Å². The summed E-state index contributed by atoms with van der Waals surface area (Å²) >= 11 is 12.3. The molecular weight excluding hydrogens is 577 g/mol. The predicted molar refractivity (Wildman–Crippen MR) is 163 cm³/mol. The predicted octanol–water partition coefficient (Wildman–Crippen LogP) is 3.56. The summed E-state index contributed by atoms with van der Waals surface area (Å²) in [6.45, 7) is 8.64. The van der Waals surface area contributed by atoms with Crippen molar-refractivity contribution in [1.29, 1.82) is 0 Å². The number of hydrogen-bond acceptors (Lipinski definition) is 6. The standard InChI is InChI=1S/C31H41Cl2N5O4/c1-2-36-13-15-37(16-14-36)11-6-12-38-27(29(40)34-22-7-4-3-5-8-22)31-10-9-24(42-31)25(26(31)30(38)41)28(39)35-23-18-20(32)17-21(33)19-23/h9-10,17-19,22,24-27H,2-8,11-16H2,1H3,(H,34,40)(H,35,39)/t24-,25+,26-,27-,31+/m1/s1. The minimum atomic E-state index is -1.17. The van der Waals surface area contributed by atoms with Crippen molar-refractivity contribution in [3.8, 4) is 0 Å². The van der Waals surface area contributed by atoms with Crippen LogP contribution in [0.3, 0.4) is 0 Å². The van der Waals surface area contributed by atoms with Gasteiger partial charge < -0.3 is 30.1 Å². The molecule has 42 heavy (non-hydrogen) atoms. The Balaban J connectivity index is 1.21. The highest BCUT2D eigenvalue weighted by Crippen LogP contribution is 2.55. The molecule has 0 radical (unpaired) electrons. The number of nitrogens with one attached hydrogen (secondary N) is 2. The van der Waals surface area contributed by atoms with Crippen LogP contribution in [-0.2, 0) is 19.1 Å². The van der Waals surface area contributed by atoms with Crippen molar-refractivity contribution in [3.05, 3.63) is 40.4 Å². The molecule has 1 aliphatic carbocycles. The van der Waals surface area contributed by atoms with Crippen molar-refractivity contribution in [2.24, 2.45) is 11.8 Å². The molecule has 1 aromatic rings. The van der Waals surface area contributed by atoms with Crippen molar-refractivity contribution < 1.29 is 19.1 Å². The summed E-state index contributed by atoms with van der Waals surface area (Å²) in [5.41, 5.74) is -0.711. The van der Waals surface area contributed by atoms with Crippen molar-refractivity contribution in [1.82, 2.24) is 20.0 Å². The Labute approximate surface area is 257 Å². The fraction of sp³-hybridized carbons (Fsp3) is 0.645. The highest BCUT2D eigenvalue weighted by atomic mass is 35.5. The molecule has 1 aromatic carbocycles. The molecule has 2 N–H and O–H groups in total. The van der Waals surface area contributed by atoms with Gasteiger partial charge in [0.1, 0.15) is 11.6 Å². The van der Waals surface area contributed by atoms with Crippen LogP contribution in [0.1, 0.15) is 45.4 Å². The molecule has 3 amide bonds. The lowest BCUT2D eigenvalue weighted by Crippen LogP contribution is -2.56. The first-order valence-electron chi connectivity index (χ1n) is 15.5. The lowest BCUT2D eigenvalue weighted by Gasteiger charge is -2.36. The Morgan fingerprint density at radius 3 is 2.36 bits per heavy atom. The third kappa shape index (κ3) is 5.71. The van der Waals surface area contributed by atoms with Gasteiger partial charge in [-0.25, -0.2) is 0 Å². The monoisotopic (exact) mass is 617 g/mol. The van der Waals surface area contributed by atoms with Crippen LogP contribution in [0.5, 0.6) is 0 Å². The van der Waals surface area contributed by atoms with Crippen molar-refractivity contribution in [2.45, 2.75) is 69.2 Å². The Morgan fingerprint density at radius 1 is 0.976 bits per heavy atom. The second-order valence-corrected chi connectivity index (χ2v) is 13.2. The van der Waals surface area contributed by atoms with Crippen molar-refractivity contribution in [2.75, 3.05) is 51.1 Å². The summed E-state index contributed by atoms with van der Waals surface area (Å²) < 4.78 is 6.48. The second-order valence-electron chi connectivity index (χ2n) is 12.4. The number of nitrogens with zero attached hydrogens (tertiary/aromatic N) is 3. The van der Waals surface area contributed by atoms with E-state index in [0.717, 1.165) is 71.4 Å². The van der Waals surface area contributed by atoms with E-state index in [1.807, 2.05) is 12.2 Å². The van der Waals surface area contributed by atoms with Crippen LogP contribution in [-0.4, -0.2) is 102 Å². The largest absolute Gasteiger partial charge is 0.359 e. The van der Waals surface area contributed by atoms with Gasteiger partial charge in [0.05, 0.1) is 17.9 Å². The van der Waals surface area contributed by atoms with Gasteiger partial charge in [-0.3, -0.25) is 14.4 Å². The minimum absolute atomic E-state index is 0.0998. The molecule has 5 aliphatic rings. The van der Waals surface area contributed by atoms with Gasteiger partial charge in [-0.2, -0.15) is 0 Å². The van der Waals surface area contributed by atoms with Crippen molar-refractivity contribution >= 4 is 46.6 Å². The molecule has 4 heterocycles. The maximum absolute atomic E-state index is 14.2.